The molecule has 1 heterocycles. The van der Waals surface area contributed by atoms with Gasteiger partial charge in [0.25, 0.3) is 5.91 Å². The van der Waals surface area contributed by atoms with E-state index in [1.165, 1.54) is 38.5 Å². The second-order valence-corrected chi connectivity index (χ2v) is 9.16. The molecule has 4 fully saturated rings. The molecule has 5 aliphatic rings. The molecule has 1 aromatic carbocycles. The number of rotatable bonds is 5. The molecule has 0 aromatic heterocycles. The second-order valence-electron chi connectivity index (χ2n) is 9.16. The highest BCUT2D eigenvalue weighted by Gasteiger charge is 2.51. The zero-order valence-electron chi connectivity index (χ0n) is 16.1. The van der Waals surface area contributed by atoms with Crippen LogP contribution in [-0.4, -0.2) is 31.7 Å². The minimum Gasteiger partial charge on any atom is -0.486 e. The van der Waals surface area contributed by atoms with Crippen molar-refractivity contribution in [1.29, 1.82) is 0 Å². The molecule has 4 aliphatic carbocycles. The third-order valence-electron chi connectivity index (χ3n) is 6.87. The quantitative estimate of drug-likeness (QED) is 0.785. The second kappa shape index (κ2) is 6.98. The highest BCUT2D eigenvalue weighted by atomic mass is 16.6. The summed E-state index contributed by atoms with van der Waals surface area (Å²) in [6.45, 7) is 0.768. The average Bonchev–Trinajstić information content (AvgIpc) is 2.65. The Morgan fingerprint density at radius 1 is 1.00 bits per heavy atom. The lowest BCUT2D eigenvalue weighted by Crippen LogP contribution is -2.47. The van der Waals surface area contributed by atoms with Gasteiger partial charge in [-0.15, -0.1) is 0 Å². The maximum Gasteiger partial charge on any atom is 0.306 e. The predicted molar refractivity (Wildman–Crippen MR) is 102 cm³/mol. The number of nitrogens with one attached hydrogen (secondary N) is 1. The lowest BCUT2D eigenvalue weighted by Gasteiger charge is -2.56. The van der Waals surface area contributed by atoms with Crippen molar-refractivity contribution in [3.05, 3.63) is 18.2 Å². The van der Waals surface area contributed by atoms with Crippen LogP contribution in [-0.2, 0) is 14.3 Å². The molecule has 6 rings (SSSR count). The van der Waals surface area contributed by atoms with Crippen molar-refractivity contribution in [3.63, 3.8) is 0 Å². The molecule has 6 heteroatoms. The van der Waals surface area contributed by atoms with E-state index in [0.29, 0.717) is 36.8 Å². The number of ether oxygens (including phenoxy) is 3. The number of carbonyl (C=O) groups excluding carboxylic acids is 2. The smallest absolute Gasteiger partial charge is 0.306 e. The van der Waals surface area contributed by atoms with Crippen LogP contribution >= 0.6 is 0 Å². The van der Waals surface area contributed by atoms with Gasteiger partial charge in [0, 0.05) is 11.8 Å². The highest BCUT2D eigenvalue weighted by molar-refractivity contribution is 5.93. The standard InChI is InChI=1S/C22H27NO5/c24-20(23-17-1-2-18-19(8-17)27-4-3-26-18)13-28-21(25)12-22-9-14-5-15(10-22)7-16(6-14)11-22/h1-2,8,14-16H,3-7,9-13H2,(H,23,24). The minimum atomic E-state index is -0.337. The lowest BCUT2D eigenvalue weighted by atomic mass is 9.49. The van der Waals surface area contributed by atoms with Gasteiger partial charge in [-0.25, -0.2) is 0 Å². The fourth-order valence-electron chi connectivity index (χ4n) is 6.33. The summed E-state index contributed by atoms with van der Waals surface area (Å²) in [5, 5.41) is 2.76. The van der Waals surface area contributed by atoms with E-state index in [2.05, 4.69) is 5.32 Å². The number of anilines is 1. The highest BCUT2D eigenvalue weighted by Crippen LogP contribution is 2.61. The Hall–Kier alpha value is -2.24. The number of esters is 1. The maximum absolute atomic E-state index is 12.4. The summed E-state index contributed by atoms with van der Waals surface area (Å²) in [4.78, 5) is 24.6. The van der Waals surface area contributed by atoms with Crippen molar-refractivity contribution < 1.29 is 23.8 Å². The van der Waals surface area contributed by atoms with Gasteiger partial charge in [0.2, 0.25) is 0 Å². The van der Waals surface area contributed by atoms with Crippen molar-refractivity contribution in [2.45, 2.75) is 44.9 Å². The van der Waals surface area contributed by atoms with Crippen LogP contribution in [0.3, 0.4) is 0 Å². The molecule has 4 bridgehead atoms. The van der Waals surface area contributed by atoms with E-state index in [0.717, 1.165) is 17.8 Å². The van der Waals surface area contributed by atoms with Gasteiger partial charge in [-0.05, 0) is 73.8 Å². The monoisotopic (exact) mass is 385 g/mol. The van der Waals surface area contributed by atoms with Gasteiger partial charge in [0.1, 0.15) is 13.2 Å². The molecule has 0 atom stereocenters. The molecule has 4 saturated carbocycles. The van der Waals surface area contributed by atoms with Gasteiger partial charge in [-0.1, -0.05) is 0 Å². The first kappa shape index (κ1) is 17.8. The number of hydrogen-bond acceptors (Lipinski definition) is 5. The summed E-state index contributed by atoms with van der Waals surface area (Å²) in [7, 11) is 0. The van der Waals surface area contributed by atoms with Crippen molar-refractivity contribution in [2.75, 3.05) is 25.1 Å². The summed E-state index contributed by atoms with van der Waals surface area (Å²) in [6, 6.07) is 5.25. The Balaban J connectivity index is 1.12. The van der Waals surface area contributed by atoms with Crippen LogP contribution in [0.4, 0.5) is 5.69 Å². The van der Waals surface area contributed by atoms with Crippen molar-refractivity contribution >= 4 is 17.6 Å². The molecule has 0 radical (unpaired) electrons. The average molecular weight is 385 g/mol. The molecule has 1 aliphatic heterocycles. The zero-order chi connectivity index (χ0) is 19.1. The van der Waals surface area contributed by atoms with Gasteiger partial charge >= 0.3 is 5.97 Å². The maximum atomic E-state index is 12.4. The van der Waals surface area contributed by atoms with Gasteiger partial charge in [0.05, 0.1) is 6.42 Å². The summed E-state index contributed by atoms with van der Waals surface area (Å²) in [5.41, 5.74) is 0.740. The first-order valence-corrected chi connectivity index (χ1v) is 10.4. The van der Waals surface area contributed by atoms with Gasteiger partial charge in [0.15, 0.2) is 18.1 Å². The first-order valence-electron chi connectivity index (χ1n) is 10.4. The van der Waals surface area contributed by atoms with Crippen molar-refractivity contribution in [3.8, 4) is 11.5 Å². The SMILES string of the molecule is O=C(COC(=O)CC12CC3CC(CC(C3)C1)C2)Nc1ccc2c(c1)OCCO2. The van der Waals surface area contributed by atoms with Gasteiger partial charge in [-0.3, -0.25) is 9.59 Å². The Kier molecular flexibility index (Phi) is 4.44. The van der Waals surface area contributed by atoms with Crippen molar-refractivity contribution in [1.82, 2.24) is 0 Å². The zero-order valence-corrected chi connectivity index (χ0v) is 16.1. The topological polar surface area (TPSA) is 73.9 Å². The van der Waals surface area contributed by atoms with Crippen LogP contribution in [0.2, 0.25) is 0 Å². The van der Waals surface area contributed by atoms with E-state index in [9.17, 15) is 9.59 Å². The van der Waals surface area contributed by atoms with E-state index in [1.54, 1.807) is 18.2 Å². The minimum absolute atomic E-state index is 0.137. The van der Waals surface area contributed by atoms with E-state index < -0.39 is 0 Å². The molecule has 28 heavy (non-hydrogen) atoms. The largest absolute Gasteiger partial charge is 0.486 e. The number of fused-ring (bicyclic) bond motifs is 1. The number of hydrogen-bond donors (Lipinski definition) is 1. The number of carbonyl (C=O) groups is 2. The number of benzene rings is 1. The van der Waals surface area contributed by atoms with Crippen LogP contribution < -0.4 is 14.8 Å². The van der Waals surface area contributed by atoms with E-state index >= 15 is 0 Å². The van der Waals surface area contributed by atoms with Crippen LogP contribution in [0.5, 0.6) is 11.5 Å². The molecule has 1 aromatic rings. The lowest BCUT2D eigenvalue weighted by molar-refractivity contribution is -0.154. The molecule has 0 unspecified atom stereocenters. The molecule has 1 amide bonds. The normalized spacial score (nSPS) is 32.1. The fourth-order valence-corrected chi connectivity index (χ4v) is 6.33. The van der Waals surface area contributed by atoms with Crippen LogP contribution in [0.1, 0.15) is 44.9 Å². The molecule has 1 N–H and O–H groups in total. The summed E-state index contributed by atoms with van der Waals surface area (Å²) in [5.74, 6) is 3.12. The third kappa shape index (κ3) is 3.56. The summed E-state index contributed by atoms with van der Waals surface area (Å²) in [6.07, 6.45) is 8.02. The Morgan fingerprint density at radius 2 is 1.64 bits per heavy atom. The predicted octanol–water partition coefficient (Wildman–Crippen LogP) is 3.55. The molecule has 150 valence electrons. The summed E-state index contributed by atoms with van der Waals surface area (Å²) >= 11 is 0. The van der Waals surface area contributed by atoms with Gasteiger partial charge in [-0.2, -0.15) is 0 Å². The molecular weight excluding hydrogens is 358 g/mol. The molecule has 6 nitrogen and oxygen atoms in total. The third-order valence-corrected chi connectivity index (χ3v) is 6.87. The van der Waals surface area contributed by atoms with E-state index in [4.69, 9.17) is 14.2 Å². The van der Waals surface area contributed by atoms with Gasteiger partial charge < -0.3 is 19.5 Å². The Labute approximate surface area is 164 Å². The summed E-state index contributed by atoms with van der Waals surface area (Å²) < 4.78 is 16.3. The first-order chi connectivity index (χ1) is 13.6. The van der Waals surface area contributed by atoms with Crippen LogP contribution in [0.25, 0.3) is 0 Å². The molecule has 0 saturated heterocycles. The Bertz CT molecular complexity index is 754. The van der Waals surface area contributed by atoms with E-state index in [1.807, 2.05) is 0 Å². The fraction of sp³-hybridized carbons (Fsp3) is 0.636. The molecule has 0 spiro atoms. The molecular formula is C22H27NO5. The number of amides is 1. The van der Waals surface area contributed by atoms with Crippen LogP contribution in [0.15, 0.2) is 18.2 Å². The Morgan fingerprint density at radius 3 is 2.32 bits per heavy atom. The van der Waals surface area contributed by atoms with E-state index in [-0.39, 0.29) is 23.9 Å². The van der Waals surface area contributed by atoms with Crippen LogP contribution in [0, 0.1) is 23.2 Å². The van der Waals surface area contributed by atoms with Crippen molar-refractivity contribution in [2.24, 2.45) is 23.2 Å².